The van der Waals surface area contributed by atoms with Crippen molar-refractivity contribution in [3.05, 3.63) is 35.9 Å². The van der Waals surface area contributed by atoms with Gasteiger partial charge in [0.05, 0.1) is 12.7 Å². The molecule has 0 spiro atoms. The van der Waals surface area contributed by atoms with E-state index in [4.69, 9.17) is 18.9 Å². The summed E-state index contributed by atoms with van der Waals surface area (Å²) in [5.41, 5.74) is 0.959. The maximum Gasteiger partial charge on any atom is 0.184 e. The third-order valence-electron chi connectivity index (χ3n) is 5.57. The molecule has 1 aromatic rings. The quantitative estimate of drug-likeness (QED) is 0.552. The Bertz CT molecular complexity index is 537. The lowest BCUT2D eigenvalue weighted by atomic mass is 10.0. The lowest BCUT2D eigenvalue weighted by molar-refractivity contribution is -0.337. The van der Waals surface area contributed by atoms with E-state index in [1.54, 1.807) is 0 Å². The first-order valence-electron chi connectivity index (χ1n) is 11.0. The molecule has 2 fully saturated rings. The second kappa shape index (κ2) is 11.9. The van der Waals surface area contributed by atoms with Gasteiger partial charge >= 0.3 is 0 Å². The third-order valence-corrected chi connectivity index (χ3v) is 5.57. The molecule has 2 saturated heterocycles. The Kier molecular flexibility index (Phi) is 9.22. The molecule has 5 nitrogen and oxygen atoms in total. The van der Waals surface area contributed by atoms with Crippen LogP contribution in [0.2, 0.25) is 0 Å². The Morgan fingerprint density at radius 3 is 2.43 bits per heavy atom. The molecule has 2 aliphatic rings. The molecule has 1 N–H and O–H groups in total. The fraction of sp³-hybridized carbons (Fsp3) is 0.739. The fourth-order valence-electron chi connectivity index (χ4n) is 3.93. The maximum atomic E-state index is 10.5. The summed E-state index contributed by atoms with van der Waals surface area (Å²) in [7, 11) is 0. The number of aliphatic hydroxyl groups is 1. The Morgan fingerprint density at radius 1 is 0.964 bits per heavy atom. The molecule has 0 aliphatic carbocycles. The van der Waals surface area contributed by atoms with Gasteiger partial charge in [0.25, 0.3) is 0 Å². The maximum absolute atomic E-state index is 10.5. The van der Waals surface area contributed by atoms with Gasteiger partial charge in [0.15, 0.2) is 12.6 Å². The van der Waals surface area contributed by atoms with Crippen molar-refractivity contribution in [3.63, 3.8) is 0 Å². The van der Waals surface area contributed by atoms with Crippen molar-refractivity contribution in [3.8, 4) is 0 Å². The highest BCUT2D eigenvalue weighted by molar-refractivity contribution is 5.16. The third kappa shape index (κ3) is 6.53. The average Bonchev–Trinajstić information content (AvgIpc) is 2.73. The summed E-state index contributed by atoms with van der Waals surface area (Å²) in [5.74, 6) is 0. The van der Waals surface area contributed by atoms with E-state index in [9.17, 15) is 5.11 Å². The molecule has 1 aromatic carbocycles. The van der Waals surface area contributed by atoms with Crippen LogP contribution in [-0.4, -0.2) is 42.9 Å². The van der Waals surface area contributed by atoms with Crippen molar-refractivity contribution in [1.82, 2.24) is 0 Å². The number of rotatable bonds is 11. The summed E-state index contributed by atoms with van der Waals surface area (Å²) in [5, 5.41) is 10.5. The largest absolute Gasteiger partial charge is 0.390 e. The molecule has 3 rings (SSSR count). The van der Waals surface area contributed by atoms with Gasteiger partial charge in [-0.1, -0.05) is 82.2 Å². The smallest absolute Gasteiger partial charge is 0.184 e. The first-order valence-corrected chi connectivity index (χ1v) is 11.0. The Hall–Kier alpha value is -0.980. The molecule has 2 aliphatic heterocycles. The molecule has 158 valence electrons. The van der Waals surface area contributed by atoms with Crippen LogP contribution in [0.25, 0.3) is 0 Å². The summed E-state index contributed by atoms with van der Waals surface area (Å²) in [4.78, 5) is 0. The van der Waals surface area contributed by atoms with E-state index in [-0.39, 0.29) is 18.5 Å². The minimum atomic E-state index is -0.600. The summed E-state index contributed by atoms with van der Waals surface area (Å²) in [6.45, 7) is 3.33. The van der Waals surface area contributed by atoms with Crippen LogP contribution in [-0.2, 0) is 18.9 Å². The van der Waals surface area contributed by atoms with Crippen molar-refractivity contribution in [2.75, 3.05) is 13.2 Å². The van der Waals surface area contributed by atoms with E-state index >= 15 is 0 Å². The van der Waals surface area contributed by atoms with E-state index < -0.39 is 12.4 Å². The average molecular weight is 393 g/mol. The van der Waals surface area contributed by atoms with Crippen LogP contribution in [0, 0.1) is 0 Å². The van der Waals surface area contributed by atoms with Gasteiger partial charge < -0.3 is 24.1 Å². The molecular weight excluding hydrogens is 356 g/mol. The van der Waals surface area contributed by atoms with Crippen LogP contribution >= 0.6 is 0 Å². The van der Waals surface area contributed by atoms with Gasteiger partial charge in [0, 0.05) is 18.6 Å². The van der Waals surface area contributed by atoms with E-state index in [2.05, 4.69) is 6.92 Å². The number of hydrogen-bond acceptors (Lipinski definition) is 5. The Labute approximate surface area is 169 Å². The normalized spacial score (nSPS) is 30.1. The van der Waals surface area contributed by atoms with Crippen molar-refractivity contribution in [2.24, 2.45) is 0 Å². The Morgan fingerprint density at radius 2 is 1.68 bits per heavy atom. The highest BCUT2D eigenvalue weighted by Crippen LogP contribution is 2.34. The summed E-state index contributed by atoms with van der Waals surface area (Å²) >= 11 is 0. The van der Waals surface area contributed by atoms with E-state index in [0.717, 1.165) is 12.0 Å². The lowest BCUT2D eigenvalue weighted by Gasteiger charge is -2.44. The summed E-state index contributed by atoms with van der Waals surface area (Å²) < 4.78 is 23.6. The van der Waals surface area contributed by atoms with E-state index in [0.29, 0.717) is 19.6 Å². The molecule has 5 unspecified atom stereocenters. The number of ether oxygens (including phenoxy) is 4. The summed E-state index contributed by atoms with van der Waals surface area (Å²) in [6.07, 6.45) is 8.55. The van der Waals surface area contributed by atoms with Crippen LogP contribution in [0.4, 0.5) is 0 Å². The zero-order chi connectivity index (χ0) is 19.6. The van der Waals surface area contributed by atoms with Gasteiger partial charge in [0.2, 0.25) is 0 Å². The van der Waals surface area contributed by atoms with E-state index in [1.165, 1.54) is 44.9 Å². The summed E-state index contributed by atoms with van der Waals surface area (Å²) in [6, 6.07) is 9.81. The number of hydrogen-bond donors (Lipinski definition) is 1. The van der Waals surface area contributed by atoms with Crippen LogP contribution in [0.5, 0.6) is 0 Å². The number of aliphatic hydroxyl groups excluding tert-OH is 1. The molecular formula is C23H36O5. The Balaban J connectivity index is 1.32. The standard InChI is InChI=1S/C23H36O5/c1-2-3-4-5-6-7-8-12-15-25-21-16-19(24)22-20(27-21)17-26-23(28-22)18-13-10-9-11-14-18/h9-11,13-14,19-24H,2-8,12,15-17H2,1H3. The topological polar surface area (TPSA) is 57.2 Å². The van der Waals surface area contributed by atoms with Crippen molar-refractivity contribution in [1.29, 1.82) is 0 Å². The first kappa shape index (κ1) is 21.7. The van der Waals surface area contributed by atoms with Gasteiger partial charge in [-0.15, -0.1) is 0 Å². The highest BCUT2D eigenvalue weighted by Gasteiger charge is 2.44. The first-order chi connectivity index (χ1) is 13.8. The molecule has 0 bridgehead atoms. The fourth-order valence-corrected chi connectivity index (χ4v) is 3.93. The van der Waals surface area contributed by atoms with Crippen LogP contribution in [0.3, 0.4) is 0 Å². The minimum absolute atomic E-state index is 0.285. The van der Waals surface area contributed by atoms with Crippen molar-refractivity contribution < 1.29 is 24.1 Å². The number of benzene rings is 1. The van der Waals surface area contributed by atoms with Gasteiger partial charge in [-0.2, -0.15) is 0 Å². The van der Waals surface area contributed by atoms with Crippen molar-refractivity contribution >= 4 is 0 Å². The number of fused-ring (bicyclic) bond motifs is 1. The van der Waals surface area contributed by atoms with E-state index in [1.807, 2.05) is 30.3 Å². The van der Waals surface area contributed by atoms with Crippen LogP contribution < -0.4 is 0 Å². The lowest BCUT2D eigenvalue weighted by Crippen LogP contribution is -2.55. The predicted molar refractivity (Wildman–Crippen MR) is 108 cm³/mol. The van der Waals surface area contributed by atoms with Gasteiger partial charge in [-0.25, -0.2) is 0 Å². The minimum Gasteiger partial charge on any atom is -0.390 e. The molecule has 28 heavy (non-hydrogen) atoms. The second-order valence-electron chi connectivity index (χ2n) is 7.93. The number of unbranched alkanes of at least 4 members (excludes halogenated alkanes) is 7. The molecule has 2 heterocycles. The monoisotopic (exact) mass is 392 g/mol. The van der Waals surface area contributed by atoms with Gasteiger partial charge in [-0.05, 0) is 6.42 Å². The van der Waals surface area contributed by atoms with Gasteiger partial charge in [0.1, 0.15) is 12.2 Å². The second-order valence-corrected chi connectivity index (χ2v) is 7.93. The van der Waals surface area contributed by atoms with Crippen molar-refractivity contribution in [2.45, 2.75) is 95.6 Å². The molecule has 0 aromatic heterocycles. The highest BCUT2D eigenvalue weighted by atomic mass is 16.7. The zero-order valence-electron chi connectivity index (χ0n) is 17.1. The zero-order valence-corrected chi connectivity index (χ0v) is 17.1. The molecule has 5 atom stereocenters. The molecule has 0 radical (unpaired) electrons. The van der Waals surface area contributed by atoms with Crippen LogP contribution in [0.1, 0.15) is 76.6 Å². The molecule has 0 saturated carbocycles. The molecule has 0 amide bonds. The molecule has 5 heteroatoms. The predicted octanol–water partition coefficient (Wildman–Crippen LogP) is 4.73. The SMILES string of the molecule is CCCCCCCCCCOC1CC(O)C2OC(c3ccccc3)OCC2O1. The van der Waals surface area contributed by atoms with Gasteiger partial charge in [-0.3, -0.25) is 0 Å². The van der Waals surface area contributed by atoms with Crippen LogP contribution in [0.15, 0.2) is 30.3 Å².